The first-order valence-corrected chi connectivity index (χ1v) is 8.43. The molecular weight excluding hydrogens is 356 g/mol. The number of hydrogen-bond acceptors (Lipinski definition) is 5. The average Bonchev–Trinajstić information content (AvgIpc) is 3.03. The smallest absolute Gasteiger partial charge is 0.258 e. The fourth-order valence-electron chi connectivity index (χ4n) is 3.82. The lowest BCUT2D eigenvalue weighted by Gasteiger charge is -2.34. The third-order valence-corrected chi connectivity index (χ3v) is 5.34. The molecule has 1 fully saturated rings. The van der Waals surface area contributed by atoms with Gasteiger partial charge in [0.1, 0.15) is 17.6 Å². The van der Waals surface area contributed by atoms with Crippen LogP contribution in [0.3, 0.4) is 0 Å². The number of rotatable bonds is 2. The molecule has 2 aliphatic heterocycles. The van der Waals surface area contributed by atoms with E-state index in [4.69, 9.17) is 11.6 Å². The largest absolute Gasteiger partial charge is 0.382 e. The van der Waals surface area contributed by atoms with E-state index in [0.29, 0.717) is 21.8 Å². The molecule has 26 heavy (non-hydrogen) atoms. The van der Waals surface area contributed by atoms with Crippen molar-refractivity contribution in [3.05, 3.63) is 64.7 Å². The number of likely N-dealkylation sites (tertiary alicyclic amines) is 1. The van der Waals surface area contributed by atoms with Crippen molar-refractivity contribution in [1.82, 2.24) is 4.90 Å². The molecule has 0 radical (unpaired) electrons. The number of aliphatic hydroxyl groups is 1. The molecule has 0 aromatic heterocycles. The summed E-state index contributed by atoms with van der Waals surface area (Å²) in [5, 5.41) is 14.0. The second-order valence-corrected chi connectivity index (χ2v) is 6.91. The molecule has 2 aliphatic rings. The van der Waals surface area contributed by atoms with Crippen molar-refractivity contribution in [2.45, 2.75) is 11.6 Å². The van der Waals surface area contributed by atoms with Crippen LogP contribution in [0, 0.1) is 5.92 Å². The van der Waals surface area contributed by atoms with Crippen molar-refractivity contribution in [1.29, 1.82) is 0 Å². The molecule has 4 rings (SSSR count). The van der Waals surface area contributed by atoms with Gasteiger partial charge in [-0.2, -0.15) is 0 Å². The molecule has 2 aromatic rings. The Morgan fingerprint density at radius 2 is 1.81 bits per heavy atom. The number of carbonyl (C=O) groups excluding carboxylic acids is 3. The topological polar surface area (TPSA) is 86.7 Å². The maximum atomic E-state index is 13.4. The average molecular weight is 371 g/mol. The van der Waals surface area contributed by atoms with Gasteiger partial charge in [0, 0.05) is 23.3 Å². The van der Waals surface area contributed by atoms with E-state index in [1.54, 1.807) is 48.5 Å². The molecule has 7 heteroatoms. The fourth-order valence-corrected chi connectivity index (χ4v) is 4.01. The lowest BCUT2D eigenvalue weighted by Crippen LogP contribution is -2.52. The van der Waals surface area contributed by atoms with E-state index < -0.39 is 29.4 Å². The Labute approximate surface area is 154 Å². The SMILES string of the molecule is CN1C(=O)C(O)C(C2(c3cccc(Cl)c3)Nc3ccccc3C2=O)C1=O. The van der Waals surface area contributed by atoms with Crippen molar-refractivity contribution in [3.8, 4) is 0 Å². The highest BCUT2D eigenvalue weighted by Gasteiger charge is 2.62. The number of imide groups is 1. The molecule has 2 heterocycles. The first kappa shape index (κ1) is 16.8. The van der Waals surface area contributed by atoms with Crippen molar-refractivity contribution in [2.24, 2.45) is 5.92 Å². The van der Waals surface area contributed by atoms with Crippen LogP contribution in [0.4, 0.5) is 5.69 Å². The molecule has 132 valence electrons. The molecule has 6 nitrogen and oxygen atoms in total. The quantitative estimate of drug-likeness (QED) is 0.787. The number of Topliss-reactive ketones (excluding diaryl/α,β-unsaturated/α-hetero) is 1. The monoisotopic (exact) mass is 370 g/mol. The lowest BCUT2D eigenvalue weighted by molar-refractivity contribution is -0.139. The normalized spacial score (nSPS) is 27.7. The van der Waals surface area contributed by atoms with E-state index in [0.717, 1.165) is 4.90 Å². The summed E-state index contributed by atoms with van der Waals surface area (Å²) < 4.78 is 0. The molecule has 0 aliphatic carbocycles. The van der Waals surface area contributed by atoms with Gasteiger partial charge in [0.15, 0.2) is 5.78 Å². The highest BCUT2D eigenvalue weighted by molar-refractivity contribution is 6.30. The van der Waals surface area contributed by atoms with Gasteiger partial charge >= 0.3 is 0 Å². The van der Waals surface area contributed by atoms with Gasteiger partial charge in [-0.15, -0.1) is 0 Å². The summed E-state index contributed by atoms with van der Waals surface area (Å²) in [4.78, 5) is 39.3. The maximum absolute atomic E-state index is 13.4. The van der Waals surface area contributed by atoms with E-state index in [2.05, 4.69) is 5.32 Å². The van der Waals surface area contributed by atoms with Crippen LogP contribution in [0.5, 0.6) is 0 Å². The van der Waals surface area contributed by atoms with Crippen LogP contribution in [0.15, 0.2) is 48.5 Å². The molecule has 2 amide bonds. The minimum Gasteiger partial charge on any atom is -0.382 e. The second-order valence-electron chi connectivity index (χ2n) is 6.48. The predicted molar refractivity (Wildman–Crippen MR) is 94.8 cm³/mol. The Morgan fingerprint density at radius 1 is 1.08 bits per heavy atom. The zero-order valence-electron chi connectivity index (χ0n) is 13.8. The number of aliphatic hydroxyl groups excluding tert-OH is 1. The van der Waals surface area contributed by atoms with Gasteiger partial charge in [0.2, 0.25) is 5.91 Å². The summed E-state index contributed by atoms with van der Waals surface area (Å²) in [5.41, 5.74) is -0.244. The number of para-hydroxylation sites is 1. The van der Waals surface area contributed by atoms with Gasteiger partial charge in [-0.05, 0) is 29.8 Å². The molecule has 0 bridgehead atoms. The summed E-state index contributed by atoms with van der Waals surface area (Å²) in [6, 6.07) is 13.4. The standard InChI is InChI=1S/C19H15ClN2O4/c1-22-17(25)14(15(23)18(22)26)19(10-5-4-6-11(20)9-10)16(24)12-7-2-3-8-13(12)21-19/h2-9,14-15,21,23H,1H3. The predicted octanol–water partition coefficient (Wildman–Crippen LogP) is 1.82. The van der Waals surface area contributed by atoms with Gasteiger partial charge < -0.3 is 10.4 Å². The maximum Gasteiger partial charge on any atom is 0.258 e. The van der Waals surface area contributed by atoms with E-state index in [9.17, 15) is 19.5 Å². The van der Waals surface area contributed by atoms with Gasteiger partial charge in [0.25, 0.3) is 5.91 Å². The summed E-state index contributed by atoms with van der Waals surface area (Å²) in [6.45, 7) is 0. The van der Waals surface area contributed by atoms with Crippen LogP contribution in [-0.2, 0) is 15.1 Å². The Bertz CT molecular complexity index is 960. The van der Waals surface area contributed by atoms with E-state index >= 15 is 0 Å². The highest BCUT2D eigenvalue weighted by atomic mass is 35.5. The first-order chi connectivity index (χ1) is 12.4. The van der Waals surface area contributed by atoms with E-state index in [1.807, 2.05) is 0 Å². The number of benzene rings is 2. The number of ketones is 1. The molecule has 0 saturated carbocycles. The van der Waals surface area contributed by atoms with Crippen LogP contribution >= 0.6 is 11.6 Å². The third-order valence-electron chi connectivity index (χ3n) is 5.10. The molecule has 2 N–H and O–H groups in total. The number of hydrogen-bond donors (Lipinski definition) is 2. The van der Waals surface area contributed by atoms with Crippen LogP contribution in [0.1, 0.15) is 15.9 Å². The minimum absolute atomic E-state index is 0.379. The fraction of sp³-hybridized carbons (Fsp3) is 0.211. The molecule has 3 atom stereocenters. The first-order valence-electron chi connectivity index (χ1n) is 8.05. The van der Waals surface area contributed by atoms with Gasteiger partial charge in [0.05, 0.1) is 0 Å². The van der Waals surface area contributed by atoms with Crippen LogP contribution in [0.25, 0.3) is 0 Å². The number of anilines is 1. The number of carbonyl (C=O) groups is 3. The Hall–Kier alpha value is -2.70. The molecule has 3 unspecified atom stereocenters. The van der Waals surface area contributed by atoms with Gasteiger partial charge in [-0.1, -0.05) is 35.9 Å². The number of likely N-dealkylation sites (N-methyl/N-ethyl adjacent to an activating group) is 1. The van der Waals surface area contributed by atoms with Crippen LogP contribution < -0.4 is 5.32 Å². The van der Waals surface area contributed by atoms with E-state index in [-0.39, 0.29) is 5.78 Å². The van der Waals surface area contributed by atoms with Crippen molar-refractivity contribution < 1.29 is 19.5 Å². The Balaban J connectivity index is 1.98. The zero-order chi connectivity index (χ0) is 18.6. The minimum atomic E-state index is -1.63. The zero-order valence-corrected chi connectivity index (χ0v) is 14.5. The van der Waals surface area contributed by atoms with Crippen LogP contribution in [-0.4, -0.2) is 40.8 Å². The summed E-state index contributed by atoms with van der Waals surface area (Å²) in [7, 11) is 1.30. The van der Waals surface area contributed by atoms with Crippen molar-refractivity contribution >= 4 is 34.9 Å². The summed E-state index contributed by atoms with van der Waals surface area (Å²) >= 11 is 6.12. The number of halogens is 1. The number of amides is 2. The molecular formula is C19H15ClN2O4. The molecule has 0 spiro atoms. The third kappa shape index (κ3) is 2.06. The lowest BCUT2D eigenvalue weighted by atomic mass is 9.73. The number of fused-ring (bicyclic) bond motifs is 1. The number of nitrogens with zero attached hydrogens (tertiary/aromatic N) is 1. The summed E-state index contributed by atoms with van der Waals surface area (Å²) in [6.07, 6.45) is -1.63. The Kier molecular flexibility index (Phi) is 3.64. The van der Waals surface area contributed by atoms with Crippen molar-refractivity contribution in [3.63, 3.8) is 0 Å². The van der Waals surface area contributed by atoms with Crippen molar-refractivity contribution in [2.75, 3.05) is 12.4 Å². The van der Waals surface area contributed by atoms with Gasteiger partial charge in [-0.25, -0.2) is 0 Å². The Morgan fingerprint density at radius 3 is 2.42 bits per heavy atom. The summed E-state index contributed by atoms with van der Waals surface area (Å²) in [5.74, 6) is -3.02. The van der Waals surface area contributed by atoms with E-state index in [1.165, 1.54) is 7.05 Å². The molecule has 2 aromatic carbocycles. The van der Waals surface area contributed by atoms with Crippen LogP contribution in [0.2, 0.25) is 5.02 Å². The van der Waals surface area contributed by atoms with Gasteiger partial charge in [-0.3, -0.25) is 19.3 Å². The number of nitrogens with one attached hydrogen (secondary N) is 1. The molecule has 1 saturated heterocycles. The highest BCUT2D eigenvalue weighted by Crippen LogP contribution is 2.47. The second kappa shape index (κ2) is 5.65.